The highest BCUT2D eigenvalue weighted by Gasteiger charge is 2.10. The molecular formula is C14H20ClNO3. The summed E-state index contributed by atoms with van der Waals surface area (Å²) in [6.07, 6.45) is 0.745. The van der Waals surface area contributed by atoms with Crippen molar-refractivity contribution in [2.45, 2.75) is 20.3 Å². The van der Waals surface area contributed by atoms with E-state index in [9.17, 15) is 9.90 Å². The van der Waals surface area contributed by atoms with E-state index in [0.717, 1.165) is 13.0 Å². The maximum atomic E-state index is 11.8. The largest absolute Gasteiger partial charge is 0.508 e. The summed E-state index contributed by atoms with van der Waals surface area (Å²) in [5, 5.41) is 12.4. The van der Waals surface area contributed by atoms with Gasteiger partial charge in [0.05, 0.1) is 10.6 Å². The lowest BCUT2D eigenvalue weighted by Crippen LogP contribution is -2.25. The highest BCUT2D eigenvalue weighted by molar-refractivity contribution is 6.33. The van der Waals surface area contributed by atoms with Crippen LogP contribution in [0.25, 0.3) is 0 Å². The molecule has 0 saturated carbocycles. The van der Waals surface area contributed by atoms with Crippen molar-refractivity contribution in [1.82, 2.24) is 5.32 Å². The third-order valence-electron chi connectivity index (χ3n) is 2.40. The van der Waals surface area contributed by atoms with Gasteiger partial charge in [0.15, 0.2) is 0 Å². The molecule has 1 aromatic carbocycles. The Labute approximate surface area is 118 Å². The molecule has 0 spiro atoms. The van der Waals surface area contributed by atoms with Crippen LogP contribution in [0.2, 0.25) is 5.02 Å². The average Bonchev–Trinajstić information content (AvgIpc) is 2.36. The van der Waals surface area contributed by atoms with Crippen LogP contribution in [-0.2, 0) is 4.74 Å². The van der Waals surface area contributed by atoms with Gasteiger partial charge in [-0.3, -0.25) is 4.79 Å². The zero-order valence-electron chi connectivity index (χ0n) is 11.3. The molecule has 0 aliphatic rings. The van der Waals surface area contributed by atoms with Crippen LogP contribution in [0.15, 0.2) is 18.2 Å². The first-order chi connectivity index (χ1) is 9.00. The van der Waals surface area contributed by atoms with Crippen LogP contribution in [0, 0.1) is 5.92 Å². The summed E-state index contributed by atoms with van der Waals surface area (Å²) in [6.45, 7) is 6.04. The molecule has 0 bridgehead atoms. The molecule has 19 heavy (non-hydrogen) atoms. The first-order valence-electron chi connectivity index (χ1n) is 6.35. The minimum atomic E-state index is -0.287. The van der Waals surface area contributed by atoms with Crippen LogP contribution in [0.1, 0.15) is 30.6 Å². The van der Waals surface area contributed by atoms with Gasteiger partial charge in [0.25, 0.3) is 5.91 Å². The second-order valence-corrected chi connectivity index (χ2v) is 5.15. The van der Waals surface area contributed by atoms with Crippen LogP contribution in [-0.4, -0.2) is 30.8 Å². The van der Waals surface area contributed by atoms with Crippen molar-refractivity contribution in [3.63, 3.8) is 0 Å². The van der Waals surface area contributed by atoms with Crippen LogP contribution in [0.4, 0.5) is 0 Å². The van der Waals surface area contributed by atoms with Crippen molar-refractivity contribution in [3.8, 4) is 5.75 Å². The maximum Gasteiger partial charge on any atom is 0.252 e. The second-order valence-electron chi connectivity index (χ2n) is 4.74. The first kappa shape index (κ1) is 15.8. The fraction of sp³-hybridized carbons (Fsp3) is 0.500. The lowest BCUT2D eigenvalue weighted by atomic mass is 10.2. The van der Waals surface area contributed by atoms with Gasteiger partial charge in [0, 0.05) is 19.8 Å². The Morgan fingerprint density at radius 3 is 2.89 bits per heavy atom. The number of halogens is 1. The summed E-state index contributed by atoms with van der Waals surface area (Å²) < 4.78 is 5.41. The summed E-state index contributed by atoms with van der Waals surface area (Å²) in [4.78, 5) is 11.8. The average molecular weight is 286 g/mol. The lowest BCUT2D eigenvalue weighted by Gasteiger charge is -2.08. The normalized spacial score (nSPS) is 10.7. The highest BCUT2D eigenvalue weighted by Crippen LogP contribution is 2.20. The molecule has 0 fully saturated rings. The number of benzene rings is 1. The summed E-state index contributed by atoms with van der Waals surface area (Å²) in [6, 6.07) is 4.29. The van der Waals surface area contributed by atoms with Crippen molar-refractivity contribution in [1.29, 1.82) is 0 Å². The molecule has 1 aromatic rings. The molecule has 2 N–H and O–H groups in total. The van der Waals surface area contributed by atoms with Crippen molar-refractivity contribution < 1.29 is 14.6 Å². The number of carbonyl (C=O) groups is 1. The second kappa shape index (κ2) is 8.02. The molecule has 0 aliphatic carbocycles. The standard InChI is InChI=1S/C14H20ClNO3/c1-10(2)9-19-7-3-6-16-14(18)12-8-11(17)4-5-13(12)15/h4-5,8,10,17H,3,6-7,9H2,1-2H3,(H,16,18). The lowest BCUT2D eigenvalue weighted by molar-refractivity contribution is 0.0924. The number of carbonyl (C=O) groups excluding carboxylic acids is 1. The van der Waals surface area contributed by atoms with E-state index < -0.39 is 0 Å². The topological polar surface area (TPSA) is 58.6 Å². The van der Waals surface area contributed by atoms with E-state index >= 15 is 0 Å². The minimum Gasteiger partial charge on any atom is -0.508 e. The Bertz CT molecular complexity index is 421. The predicted molar refractivity (Wildman–Crippen MR) is 75.7 cm³/mol. The van der Waals surface area contributed by atoms with Gasteiger partial charge < -0.3 is 15.2 Å². The van der Waals surface area contributed by atoms with E-state index in [-0.39, 0.29) is 17.2 Å². The van der Waals surface area contributed by atoms with Crippen LogP contribution in [0.5, 0.6) is 5.75 Å². The molecule has 5 heteroatoms. The molecule has 0 unspecified atom stereocenters. The summed E-state index contributed by atoms with van der Waals surface area (Å²) in [5.41, 5.74) is 0.282. The fourth-order valence-corrected chi connectivity index (χ4v) is 1.68. The van der Waals surface area contributed by atoms with Gasteiger partial charge in [0.2, 0.25) is 0 Å². The Morgan fingerprint density at radius 1 is 1.47 bits per heavy atom. The third kappa shape index (κ3) is 5.94. The monoisotopic (exact) mass is 285 g/mol. The summed E-state index contributed by atoms with van der Waals surface area (Å²) in [5.74, 6) is 0.250. The van der Waals surface area contributed by atoms with E-state index in [0.29, 0.717) is 24.1 Å². The van der Waals surface area contributed by atoms with Crippen LogP contribution in [0.3, 0.4) is 0 Å². The van der Waals surface area contributed by atoms with Gasteiger partial charge >= 0.3 is 0 Å². The predicted octanol–water partition coefficient (Wildman–Crippen LogP) is 2.84. The first-order valence-corrected chi connectivity index (χ1v) is 6.73. The van der Waals surface area contributed by atoms with Crippen molar-refractivity contribution >= 4 is 17.5 Å². The Kier molecular flexibility index (Phi) is 6.67. The molecule has 106 valence electrons. The van der Waals surface area contributed by atoms with E-state index in [4.69, 9.17) is 16.3 Å². The van der Waals surface area contributed by atoms with Gasteiger partial charge in [-0.15, -0.1) is 0 Å². The third-order valence-corrected chi connectivity index (χ3v) is 2.73. The van der Waals surface area contributed by atoms with Crippen molar-refractivity contribution in [3.05, 3.63) is 28.8 Å². The molecule has 1 amide bonds. The Balaban J connectivity index is 2.29. The summed E-state index contributed by atoms with van der Waals surface area (Å²) >= 11 is 5.89. The van der Waals surface area contributed by atoms with Gasteiger partial charge in [-0.1, -0.05) is 25.4 Å². The van der Waals surface area contributed by atoms with Gasteiger partial charge in [-0.25, -0.2) is 0 Å². The smallest absolute Gasteiger partial charge is 0.252 e. The van der Waals surface area contributed by atoms with Crippen LogP contribution >= 0.6 is 11.6 Å². The number of phenolic OH excluding ortho intramolecular Hbond substituents is 1. The molecule has 0 aromatic heterocycles. The molecule has 0 saturated heterocycles. The van der Waals surface area contributed by atoms with E-state index in [2.05, 4.69) is 19.2 Å². The SMILES string of the molecule is CC(C)COCCCNC(=O)c1cc(O)ccc1Cl. The number of amides is 1. The zero-order valence-corrected chi connectivity index (χ0v) is 12.0. The number of hydrogen-bond acceptors (Lipinski definition) is 3. The molecule has 1 rings (SSSR count). The molecule has 4 nitrogen and oxygen atoms in total. The number of hydrogen-bond donors (Lipinski definition) is 2. The van der Waals surface area contributed by atoms with E-state index in [1.54, 1.807) is 0 Å². The maximum absolute atomic E-state index is 11.8. The van der Waals surface area contributed by atoms with Gasteiger partial charge in [0.1, 0.15) is 5.75 Å². The van der Waals surface area contributed by atoms with Crippen molar-refractivity contribution in [2.24, 2.45) is 5.92 Å². The minimum absolute atomic E-state index is 0.0230. The molecule has 0 heterocycles. The fourth-order valence-electron chi connectivity index (χ4n) is 1.48. The quantitative estimate of drug-likeness (QED) is 0.758. The number of rotatable bonds is 7. The zero-order chi connectivity index (χ0) is 14.3. The number of aromatic hydroxyl groups is 1. The molecule has 0 aliphatic heterocycles. The molecule has 0 atom stereocenters. The highest BCUT2D eigenvalue weighted by atomic mass is 35.5. The van der Waals surface area contributed by atoms with E-state index in [1.165, 1.54) is 18.2 Å². The van der Waals surface area contributed by atoms with Crippen molar-refractivity contribution in [2.75, 3.05) is 19.8 Å². The number of phenols is 1. The van der Waals surface area contributed by atoms with Crippen LogP contribution < -0.4 is 5.32 Å². The summed E-state index contributed by atoms with van der Waals surface area (Å²) in [7, 11) is 0. The molecular weight excluding hydrogens is 266 g/mol. The molecule has 0 radical (unpaired) electrons. The Hall–Kier alpha value is -1.26. The number of ether oxygens (including phenoxy) is 1. The Morgan fingerprint density at radius 2 is 2.21 bits per heavy atom. The number of nitrogens with one attached hydrogen (secondary N) is 1. The van der Waals surface area contributed by atoms with E-state index in [1.807, 2.05) is 0 Å². The van der Waals surface area contributed by atoms with Gasteiger partial charge in [-0.2, -0.15) is 0 Å². The van der Waals surface area contributed by atoms with Gasteiger partial charge in [-0.05, 0) is 30.5 Å².